The normalized spacial score (nSPS) is 11.3. The Hall–Kier alpha value is -1.69. The van der Waals surface area contributed by atoms with Crippen LogP contribution in [-0.2, 0) is 36.9 Å². The van der Waals surface area contributed by atoms with Crippen LogP contribution in [0.5, 0.6) is 0 Å². The molecule has 0 fully saturated rings. The summed E-state index contributed by atoms with van der Waals surface area (Å²) in [5, 5.41) is 0. The fourth-order valence-corrected chi connectivity index (χ4v) is 10.3. The lowest BCUT2D eigenvalue weighted by Crippen LogP contribution is -2.54. The Morgan fingerprint density at radius 2 is 0.810 bits per heavy atom. The topological polar surface area (TPSA) is 105 Å². The summed E-state index contributed by atoms with van der Waals surface area (Å²) in [5.41, 5.74) is -0.0989. The van der Waals surface area contributed by atoms with Gasteiger partial charge in [-0.2, -0.15) is 0 Å². The van der Waals surface area contributed by atoms with Crippen LogP contribution in [0, 0.1) is 0 Å². The molecule has 0 heterocycles. The predicted molar refractivity (Wildman–Crippen MR) is 75.1 cm³/mol. The van der Waals surface area contributed by atoms with Crippen molar-refractivity contribution in [1.29, 1.82) is 0 Å². The molecular weight excluding hydrogens is 316 g/mol. The second-order valence-electron chi connectivity index (χ2n) is 4.82. The molecule has 0 N–H and O–H groups in total. The van der Waals surface area contributed by atoms with Gasteiger partial charge in [0, 0.05) is 40.8 Å². The maximum atomic E-state index is 11.2. The van der Waals surface area contributed by atoms with Gasteiger partial charge in [0.15, 0.2) is 0 Å². The van der Waals surface area contributed by atoms with Gasteiger partial charge < -0.3 is 17.7 Å². The summed E-state index contributed by atoms with van der Waals surface area (Å²) in [6.45, 7) is 7.62. The van der Waals surface area contributed by atoms with Crippen molar-refractivity contribution >= 4 is 41.0 Å². The monoisotopic (exact) mass is 336 g/mol. The summed E-state index contributed by atoms with van der Waals surface area (Å²) >= 11 is 0. The first-order valence-corrected chi connectivity index (χ1v) is 11.2. The van der Waals surface area contributed by atoms with E-state index in [9.17, 15) is 19.2 Å². The third-order valence-corrected chi connectivity index (χ3v) is 10.1. The van der Waals surface area contributed by atoms with E-state index in [1.54, 1.807) is 0 Å². The standard InChI is InChI=1S/C11H20O8Si2/c1-8(12)16-20(5,17-9(2)13)7-21(6,18-10(3)14)19-11(4)15/h7H2,1-6H3. The molecule has 0 saturated carbocycles. The highest BCUT2D eigenvalue weighted by Crippen LogP contribution is 2.25. The number of hydrogen-bond acceptors (Lipinski definition) is 8. The Kier molecular flexibility index (Phi) is 6.77. The molecule has 21 heavy (non-hydrogen) atoms. The average molecular weight is 336 g/mol. The summed E-state index contributed by atoms with van der Waals surface area (Å²) in [6, 6.07) is 0. The third kappa shape index (κ3) is 8.24. The largest absolute Gasteiger partial charge is 0.485 e. The molecule has 0 radical (unpaired) electrons. The van der Waals surface area contributed by atoms with E-state index >= 15 is 0 Å². The minimum absolute atomic E-state index is 0.0989. The van der Waals surface area contributed by atoms with Gasteiger partial charge in [0.1, 0.15) is 0 Å². The molecule has 0 saturated heterocycles. The summed E-state index contributed by atoms with van der Waals surface area (Å²) in [7, 11) is -6.67. The fourth-order valence-electron chi connectivity index (χ4n) is 1.99. The van der Waals surface area contributed by atoms with E-state index in [0.29, 0.717) is 0 Å². The number of rotatable bonds is 6. The van der Waals surface area contributed by atoms with Crippen LogP contribution < -0.4 is 0 Å². The maximum Gasteiger partial charge on any atom is 0.465 e. The van der Waals surface area contributed by atoms with Gasteiger partial charge in [-0.15, -0.1) is 0 Å². The quantitative estimate of drug-likeness (QED) is 0.659. The van der Waals surface area contributed by atoms with Crippen molar-refractivity contribution in [3.05, 3.63) is 0 Å². The molecule has 0 aromatic carbocycles. The van der Waals surface area contributed by atoms with Crippen molar-refractivity contribution in [1.82, 2.24) is 0 Å². The zero-order valence-electron chi connectivity index (χ0n) is 13.0. The Morgan fingerprint density at radius 1 is 0.619 bits per heavy atom. The lowest BCUT2D eigenvalue weighted by atomic mass is 10.9. The van der Waals surface area contributed by atoms with Crippen LogP contribution in [0.25, 0.3) is 0 Å². The van der Waals surface area contributed by atoms with Crippen LogP contribution in [-0.4, -0.2) is 41.0 Å². The molecule has 0 unspecified atom stereocenters. The molecule has 0 amide bonds. The van der Waals surface area contributed by atoms with E-state index < -0.39 is 41.0 Å². The smallest absolute Gasteiger partial charge is 0.465 e. The first-order valence-electron chi connectivity index (χ1n) is 6.16. The van der Waals surface area contributed by atoms with Crippen molar-refractivity contribution in [3.63, 3.8) is 0 Å². The van der Waals surface area contributed by atoms with Crippen LogP contribution in [0.2, 0.25) is 18.8 Å². The molecule has 0 spiro atoms. The highest BCUT2D eigenvalue weighted by Gasteiger charge is 2.53. The molecule has 0 bridgehead atoms. The van der Waals surface area contributed by atoms with Crippen LogP contribution >= 0.6 is 0 Å². The first kappa shape index (κ1) is 19.3. The average Bonchev–Trinajstić information content (AvgIpc) is 2.07. The lowest BCUT2D eigenvalue weighted by molar-refractivity contribution is -0.139. The van der Waals surface area contributed by atoms with E-state index in [2.05, 4.69) is 0 Å². The molecular formula is C11H20O8Si2. The van der Waals surface area contributed by atoms with Crippen molar-refractivity contribution in [2.75, 3.05) is 0 Å². The zero-order chi connectivity index (χ0) is 16.8. The van der Waals surface area contributed by atoms with E-state index in [1.165, 1.54) is 40.8 Å². The number of hydrogen-bond donors (Lipinski definition) is 0. The first-order chi connectivity index (χ1) is 9.37. The predicted octanol–water partition coefficient (Wildman–Crippen LogP) is 0.922. The van der Waals surface area contributed by atoms with Crippen LogP contribution in [0.3, 0.4) is 0 Å². The molecule has 120 valence electrons. The molecule has 10 heteroatoms. The van der Waals surface area contributed by atoms with Gasteiger partial charge in [-0.1, -0.05) is 0 Å². The van der Waals surface area contributed by atoms with Crippen LogP contribution in [0.4, 0.5) is 0 Å². The minimum atomic E-state index is -3.34. The SMILES string of the molecule is CC(=O)O[Si](C)(C[Si](C)(OC(C)=O)OC(C)=O)OC(C)=O. The zero-order valence-corrected chi connectivity index (χ0v) is 15.0. The molecule has 0 aromatic heterocycles. The Balaban J connectivity index is 5.36. The molecule has 0 rings (SSSR count). The van der Waals surface area contributed by atoms with Crippen molar-refractivity contribution in [3.8, 4) is 0 Å². The summed E-state index contributed by atoms with van der Waals surface area (Å²) < 4.78 is 20.5. The highest BCUT2D eigenvalue weighted by atomic mass is 28.4. The Bertz CT molecular complexity index is 376. The van der Waals surface area contributed by atoms with Gasteiger partial charge in [0.2, 0.25) is 0 Å². The van der Waals surface area contributed by atoms with Crippen LogP contribution in [0.1, 0.15) is 27.7 Å². The van der Waals surface area contributed by atoms with Crippen LogP contribution in [0.15, 0.2) is 0 Å². The second kappa shape index (κ2) is 7.36. The van der Waals surface area contributed by atoms with E-state index in [0.717, 1.165) is 0 Å². The minimum Gasteiger partial charge on any atom is -0.485 e. The summed E-state index contributed by atoms with van der Waals surface area (Å²) in [4.78, 5) is 44.8. The van der Waals surface area contributed by atoms with Gasteiger partial charge in [-0.3, -0.25) is 19.2 Å². The van der Waals surface area contributed by atoms with Gasteiger partial charge >= 0.3 is 17.1 Å². The lowest BCUT2D eigenvalue weighted by Gasteiger charge is -2.32. The number of carbonyl (C=O) groups is 4. The highest BCUT2D eigenvalue weighted by molar-refractivity contribution is 6.87. The maximum absolute atomic E-state index is 11.2. The van der Waals surface area contributed by atoms with Gasteiger partial charge in [0.05, 0.1) is 5.67 Å². The number of carbonyl (C=O) groups excluding carboxylic acids is 4. The summed E-state index contributed by atoms with van der Waals surface area (Å²) in [6.07, 6.45) is 0. The van der Waals surface area contributed by atoms with Crippen molar-refractivity contribution < 1.29 is 36.9 Å². The van der Waals surface area contributed by atoms with Gasteiger partial charge in [-0.25, -0.2) is 0 Å². The molecule has 0 aliphatic rings. The third-order valence-electron chi connectivity index (χ3n) is 2.08. The van der Waals surface area contributed by atoms with Crippen molar-refractivity contribution in [2.45, 2.75) is 46.5 Å². The second-order valence-corrected chi connectivity index (χ2v) is 11.6. The van der Waals surface area contributed by atoms with Gasteiger partial charge in [0.25, 0.3) is 23.9 Å². The summed E-state index contributed by atoms with van der Waals surface area (Å²) in [5.74, 6) is -2.53. The molecule has 0 atom stereocenters. The molecule has 0 aliphatic carbocycles. The van der Waals surface area contributed by atoms with Crippen molar-refractivity contribution in [2.24, 2.45) is 0 Å². The van der Waals surface area contributed by atoms with E-state index in [1.807, 2.05) is 0 Å². The van der Waals surface area contributed by atoms with E-state index in [-0.39, 0.29) is 5.67 Å². The van der Waals surface area contributed by atoms with E-state index in [4.69, 9.17) is 17.7 Å². The molecule has 0 aliphatic heterocycles. The fraction of sp³-hybridized carbons (Fsp3) is 0.636. The Labute approximate surface area is 125 Å². The Morgan fingerprint density at radius 3 is 0.952 bits per heavy atom. The van der Waals surface area contributed by atoms with Gasteiger partial charge in [-0.05, 0) is 0 Å². The molecule has 0 aromatic rings. The molecule has 8 nitrogen and oxygen atoms in total.